The minimum absolute atomic E-state index is 0.0443. The Morgan fingerprint density at radius 1 is 0.591 bits per heavy atom. The summed E-state index contributed by atoms with van der Waals surface area (Å²) in [6.07, 6.45) is 14.8. The highest BCUT2D eigenvalue weighted by molar-refractivity contribution is 6.34. The van der Waals surface area contributed by atoms with Crippen LogP contribution < -0.4 is 43.2 Å². The number of rotatable bonds is 17. The van der Waals surface area contributed by atoms with E-state index in [0.717, 1.165) is 137 Å². The van der Waals surface area contributed by atoms with E-state index in [9.17, 15) is 14.4 Å². The topological polar surface area (TPSA) is 331 Å². The van der Waals surface area contributed by atoms with Crippen LogP contribution in [0, 0.1) is 0 Å². The molecule has 25 nitrogen and oxygen atoms in total. The Balaban J connectivity index is 0.000000146. The van der Waals surface area contributed by atoms with Gasteiger partial charge < -0.3 is 61.4 Å². The Kier molecular flexibility index (Phi) is 21.0. The minimum atomic E-state index is -0.449. The van der Waals surface area contributed by atoms with Gasteiger partial charge in [0.2, 0.25) is 0 Å². The van der Waals surface area contributed by atoms with Gasteiger partial charge in [0.25, 0.3) is 29.9 Å². The number of carbonyl (C=O) groups is 3. The lowest BCUT2D eigenvalue weighted by molar-refractivity contribution is 0.0985. The summed E-state index contributed by atoms with van der Waals surface area (Å²) in [6.45, 7) is 13.0. The average Bonchev–Trinajstić information content (AvgIpc) is 3.95. The molecule has 28 heteroatoms. The van der Waals surface area contributed by atoms with Gasteiger partial charge in [0, 0.05) is 118 Å². The van der Waals surface area contributed by atoms with Gasteiger partial charge in [-0.3, -0.25) is 33.8 Å². The zero-order valence-electron chi connectivity index (χ0n) is 48.0. The van der Waals surface area contributed by atoms with Gasteiger partial charge in [0.1, 0.15) is 30.6 Å². The molecule has 0 radical (unpaired) electrons. The van der Waals surface area contributed by atoms with Crippen LogP contribution in [0.5, 0.6) is 6.01 Å². The number of carbonyl (C=O) groups excluding carboxylic acids is 3. The molecule has 3 aliphatic rings. The summed E-state index contributed by atoms with van der Waals surface area (Å²) in [4.78, 5) is 68.9. The molecular weight excluding hydrogens is 1190 g/mol. The van der Waals surface area contributed by atoms with Crippen LogP contribution in [0.25, 0.3) is 33.4 Å². The number of aromatic nitrogens is 8. The number of ketones is 1. The smallest absolute Gasteiger partial charge is 0.316 e. The molecular formula is C60H65Cl3N18O7. The number of piperidine rings is 1. The summed E-state index contributed by atoms with van der Waals surface area (Å²) in [6, 6.07) is 20.6. The molecule has 10 N–H and O–H groups in total. The SMILES string of the molecule is CN1CCN(Cc2ccc(-c3ccc(Cl)c(NC(=O)c4coc(N)n4)c3)cn2)CC1.Nc1nc(C(=O)Cc2cc(-c3cnc(OC4CCNCC4)nc3)ccc2Cl)co1.Nc1nc(C(=O)Nc2cc(-c3cnn(CCN4CCNCC4)c3)ccc2Cl)co1. The van der Waals surface area contributed by atoms with Gasteiger partial charge in [0.05, 0.1) is 39.9 Å². The molecule has 2 amide bonds. The zero-order valence-corrected chi connectivity index (χ0v) is 50.3. The third-order valence-electron chi connectivity index (χ3n) is 14.6. The van der Waals surface area contributed by atoms with Gasteiger partial charge in [0.15, 0.2) is 17.2 Å². The van der Waals surface area contributed by atoms with Crippen molar-refractivity contribution in [2.45, 2.75) is 38.5 Å². The fourth-order valence-corrected chi connectivity index (χ4v) is 10.2. The first-order valence-corrected chi connectivity index (χ1v) is 29.5. The van der Waals surface area contributed by atoms with E-state index in [1.54, 1.807) is 42.7 Å². The molecule has 3 fully saturated rings. The van der Waals surface area contributed by atoms with E-state index in [2.05, 4.69) is 78.0 Å². The third-order valence-corrected chi connectivity index (χ3v) is 15.7. The maximum Gasteiger partial charge on any atom is 0.316 e. The van der Waals surface area contributed by atoms with Crippen LogP contribution >= 0.6 is 34.8 Å². The van der Waals surface area contributed by atoms with Crippen LogP contribution in [0.1, 0.15) is 55.6 Å². The number of nitrogens with zero attached hydrogens (tertiary/aromatic N) is 11. The number of halogens is 3. The molecule has 0 aliphatic carbocycles. The summed E-state index contributed by atoms with van der Waals surface area (Å²) in [5, 5.41) is 17.9. The number of Topliss-reactive ketones (excluding diaryl/α,β-unsaturated/α-hetero) is 1. The van der Waals surface area contributed by atoms with Gasteiger partial charge in [-0.25, -0.2) is 9.97 Å². The van der Waals surface area contributed by atoms with E-state index in [0.29, 0.717) is 38.0 Å². The predicted octanol–water partition coefficient (Wildman–Crippen LogP) is 7.83. The second-order valence-corrected chi connectivity index (χ2v) is 22.2. The quantitative estimate of drug-likeness (QED) is 0.0427. The summed E-state index contributed by atoms with van der Waals surface area (Å²) >= 11 is 18.8. The molecule has 0 spiro atoms. The number of ether oxygens (including phenoxy) is 1. The molecule has 88 heavy (non-hydrogen) atoms. The molecule has 3 aliphatic heterocycles. The number of nitrogens with one attached hydrogen (secondary N) is 4. The lowest BCUT2D eigenvalue weighted by Gasteiger charge is -2.32. The lowest BCUT2D eigenvalue weighted by atomic mass is 10.0. The highest BCUT2D eigenvalue weighted by Gasteiger charge is 2.21. The highest BCUT2D eigenvalue weighted by atomic mass is 35.5. The molecule has 3 aromatic carbocycles. The number of benzene rings is 3. The summed E-state index contributed by atoms with van der Waals surface area (Å²) in [5.74, 6) is -1.13. The van der Waals surface area contributed by atoms with Gasteiger partial charge in [-0.05, 0) is 97.7 Å². The molecule has 3 saturated heterocycles. The van der Waals surface area contributed by atoms with Crippen molar-refractivity contribution in [3.63, 3.8) is 0 Å². The van der Waals surface area contributed by atoms with Gasteiger partial charge in [-0.15, -0.1) is 0 Å². The molecule has 0 bridgehead atoms. The predicted molar refractivity (Wildman–Crippen MR) is 335 cm³/mol. The number of oxazole rings is 3. The van der Waals surface area contributed by atoms with Crippen LogP contribution in [0.2, 0.25) is 15.1 Å². The maximum atomic E-state index is 12.4. The first-order chi connectivity index (χ1) is 42.6. The first kappa shape index (κ1) is 62.3. The third kappa shape index (κ3) is 17.3. The number of likely N-dealkylation sites (N-methyl/N-ethyl adjacent to an activating group) is 1. The fourth-order valence-electron chi connectivity index (χ4n) is 9.65. The van der Waals surface area contributed by atoms with Gasteiger partial charge >= 0.3 is 6.01 Å². The van der Waals surface area contributed by atoms with E-state index in [-0.39, 0.29) is 53.4 Å². The number of nitrogens with two attached hydrogens (primary N) is 3. The largest absolute Gasteiger partial charge is 0.460 e. The van der Waals surface area contributed by atoms with E-state index < -0.39 is 11.8 Å². The summed E-state index contributed by atoms with van der Waals surface area (Å²) in [5.41, 5.74) is 24.6. The first-order valence-electron chi connectivity index (χ1n) is 28.3. The molecule has 0 saturated carbocycles. The number of amides is 2. The number of nitrogen functional groups attached to an aromatic ring is 3. The van der Waals surface area contributed by atoms with Crippen molar-refractivity contribution in [3.05, 3.63) is 160 Å². The second kappa shape index (κ2) is 29.7. The molecule has 12 rings (SSSR count). The number of hydrogen-bond donors (Lipinski definition) is 7. The second-order valence-electron chi connectivity index (χ2n) is 20.9. The monoisotopic (exact) mass is 1250 g/mol. The van der Waals surface area contributed by atoms with E-state index in [4.69, 9.17) is 70.0 Å². The van der Waals surface area contributed by atoms with Crippen LogP contribution in [-0.2, 0) is 19.5 Å². The Morgan fingerprint density at radius 3 is 1.69 bits per heavy atom. The molecule has 0 atom stereocenters. The van der Waals surface area contributed by atoms with E-state index in [1.165, 1.54) is 18.8 Å². The Hall–Kier alpha value is -8.79. The van der Waals surface area contributed by atoms with Crippen LogP contribution in [0.4, 0.5) is 29.4 Å². The van der Waals surface area contributed by atoms with Crippen LogP contribution in [0.15, 0.2) is 130 Å². The van der Waals surface area contributed by atoms with Crippen LogP contribution in [-0.4, -0.2) is 157 Å². The van der Waals surface area contributed by atoms with Crippen molar-refractivity contribution in [2.24, 2.45) is 0 Å². The van der Waals surface area contributed by atoms with Crippen molar-refractivity contribution in [2.75, 3.05) is 107 Å². The average molecular weight is 1260 g/mol. The van der Waals surface area contributed by atoms with Crippen molar-refractivity contribution in [3.8, 4) is 39.4 Å². The number of anilines is 5. The summed E-state index contributed by atoms with van der Waals surface area (Å²) < 4.78 is 22.4. The minimum Gasteiger partial charge on any atom is -0.460 e. The fraction of sp³-hybridized carbons (Fsp3) is 0.300. The molecule has 458 valence electrons. The normalized spacial score (nSPS) is 14.9. The Morgan fingerprint density at radius 2 is 1.12 bits per heavy atom. The highest BCUT2D eigenvalue weighted by Crippen LogP contribution is 2.32. The number of pyridine rings is 1. The zero-order chi connectivity index (χ0) is 61.5. The lowest BCUT2D eigenvalue weighted by Crippen LogP contribution is -2.44. The van der Waals surface area contributed by atoms with E-state index >= 15 is 0 Å². The number of piperazine rings is 2. The molecule has 0 unspecified atom stereocenters. The Bertz CT molecular complexity index is 3800. The molecule has 9 heterocycles. The molecule has 6 aromatic heterocycles. The van der Waals surface area contributed by atoms with E-state index in [1.807, 2.05) is 59.7 Å². The maximum absolute atomic E-state index is 12.4. The molecule has 9 aromatic rings. The van der Waals surface area contributed by atoms with Gasteiger partial charge in [-0.1, -0.05) is 59.1 Å². The van der Waals surface area contributed by atoms with Crippen molar-refractivity contribution in [1.29, 1.82) is 0 Å². The van der Waals surface area contributed by atoms with Gasteiger partial charge in [-0.2, -0.15) is 20.1 Å². The van der Waals surface area contributed by atoms with Crippen molar-refractivity contribution >= 4 is 81.8 Å². The number of hydrogen-bond acceptors (Lipinski definition) is 22. The van der Waals surface area contributed by atoms with Crippen molar-refractivity contribution in [1.82, 2.24) is 65.0 Å². The Labute approximate surface area is 521 Å². The summed E-state index contributed by atoms with van der Waals surface area (Å²) in [7, 11) is 2.15. The van der Waals surface area contributed by atoms with Crippen LogP contribution in [0.3, 0.4) is 0 Å². The standard InChI is InChI=1S/C21H23ClN6O2.C20H20ClN5O3.C19H22ClN7O2/c1-27-6-8-28(9-7-27)12-16-4-2-15(11-24-16)14-3-5-17(22)18(10-14)25-20(29)19-13-30-21(23)26-19;21-16-2-1-12(7-13(16)8-18(27)17-11-28-19(22)26-17)14-9-24-20(25-10-14)29-15-3-5-23-6-4-15;20-15-2-1-13(9-16(15)24-18(28)17-12-29-19(21)25-17)14-10-23-27(11-14)8-7-26-5-3-22-4-6-26/h2-5,10-11,13H,6-9,12H2,1H3,(H2,23,26)(H,25,29);1-2,7,9-11,15,23H,3-6,8H2,(H2,22,26);1-2,9-12,22H,3-8H2,(H2,21,25)(H,24,28). The van der Waals surface area contributed by atoms with Crippen molar-refractivity contribution < 1.29 is 32.4 Å².